The summed E-state index contributed by atoms with van der Waals surface area (Å²) in [5, 5.41) is 18.5. The van der Waals surface area contributed by atoms with Crippen LogP contribution in [0.4, 0.5) is 0 Å². The third-order valence-corrected chi connectivity index (χ3v) is 4.09. The zero-order chi connectivity index (χ0) is 12.7. The molecule has 0 amide bonds. The van der Waals surface area contributed by atoms with Crippen molar-refractivity contribution in [2.45, 2.75) is 64.5 Å². The molecule has 0 saturated heterocycles. The van der Waals surface area contributed by atoms with E-state index in [0.717, 1.165) is 32.2 Å². The number of aliphatic hydroxyl groups is 1. The summed E-state index contributed by atoms with van der Waals surface area (Å²) >= 11 is 0. The molecule has 1 aliphatic carbocycles. The van der Waals surface area contributed by atoms with Crippen molar-refractivity contribution >= 4 is 0 Å². The van der Waals surface area contributed by atoms with Crippen molar-refractivity contribution in [3.8, 4) is 6.07 Å². The molecule has 0 aromatic carbocycles. The first-order valence-electron chi connectivity index (χ1n) is 7.04. The average Bonchev–Trinajstić information content (AvgIpc) is 2.39. The molecule has 1 fully saturated rings. The Morgan fingerprint density at radius 1 is 1.29 bits per heavy atom. The molecular formula is C14H26N2O. The number of aliphatic hydroxyl groups excluding tert-OH is 1. The van der Waals surface area contributed by atoms with Gasteiger partial charge in [0.15, 0.2) is 0 Å². The molecular weight excluding hydrogens is 212 g/mol. The van der Waals surface area contributed by atoms with Crippen LogP contribution in [-0.2, 0) is 0 Å². The lowest BCUT2D eigenvalue weighted by atomic mass is 9.83. The van der Waals surface area contributed by atoms with Gasteiger partial charge in [0, 0.05) is 18.6 Å². The molecule has 98 valence electrons. The first kappa shape index (κ1) is 14.5. The van der Waals surface area contributed by atoms with Gasteiger partial charge in [0.2, 0.25) is 0 Å². The Kier molecular flexibility index (Phi) is 6.54. The summed E-state index contributed by atoms with van der Waals surface area (Å²) in [6.07, 6.45) is 6.77. The van der Waals surface area contributed by atoms with Crippen molar-refractivity contribution < 1.29 is 5.11 Å². The van der Waals surface area contributed by atoms with Gasteiger partial charge in [0.1, 0.15) is 0 Å². The third kappa shape index (κ3) is 3.69. The van der Waals surface area contributed by atoms with E-state index in [2.05, 4.69) is 24.8 Å². The van der Waals surface area contributed by atoms with Crippen molar-refractivity contribution in [2.75, 3.05) is 13.2 Å². The minimum absolute atomic E-state index is 0.163. The van der Waals surface area contributed by atoms with E-state index in [0.29, 0.717) is 12.1 Å². The summed E-state index contributed by atoms with van der Waals surface area (Å²) in [6, 6.07) is 3.35. The topological polar surface area (TPSA) is 47.3 Å². The Bertz CT molecular complexity index is 245. The second-order valence-electron chi connectivity index (χ2n) is 5.02. The van der Waals surface area contributed by atoms with E-state index in [1.807, 2.05) is 0 Å². The SMILES string of the molecule is CCC(CC)N(CCO)C1CCCCC1C#N. The standard InChI is InChI=1S/C14H26N2O/c1-3-13(4-2)16(9-10-17)14-8-6-5-7-12(14)11-15/h12-14,17H,3-10H2,1-2H3. The van der Waals surface area contributed by atoms with Gasteiger partial charge in [0.05, 0.1) is 18.6 Å². The van der Waals surface area contributed by atoms with Crippen molar-refractivity contribution in [1.82, 2.24) is 4.90 Å². The molecule has 1 aliphatic rings. The Morgan fingerprint density at radius 2 is 1.94 bits per heavy atom. The summed E-state index contributed by atoms with van der Waals surface area (Å²) in [7, 11) is 0. The fourth-order valence-electron chi connectivity index (χ4n) is 3.15. The number of nitriles is 1. The normalized spacial score (nSPS) is 25.2. The van der Waals surface area contributed by atoms with Gasteiger partial charge < -0.3 is 5.11 Å². The predicted molar refractivity (Wildman–Crippen MR) is 69.5 cm³/mol. The van der Waals surface area contributed by atoms with Crippen molar-refractivity contribution in [1.29, 1.82) is 5.26 Å². The van der Waals surface area contributed by atoms with E-state index >= 15 is 0 Å². The summed E-state index contributed by atoms with van der Waals surface area (Å²) in [5.41, 5.74) is 0. The predicted octanol–water partition coefficient (Wildman–Crippen LogP) is 2.55. The lowest BCUT2D eigenvalue weighted by molar-refractivity contribution is 0.0579. The van der Waals surface area contributed by atoms with Crippen LogP contribution in [0.5, 0.6) is 0 Å². The summed E-state index contributed by atoms with van der Waals surface area (Å²) in [5.74, 6) is 0.163. The molecule has 3 heteroatoms. The fraction of sp³-hybridized carbons (Fsp3) is 0.929. The highest BCUT2D eigenvalue weighted by Gasteiger charge is 2.32. The van der Waals surface area contributed by atoms with Crippen LogP contribution in [0.3, 0.4) is 0 Å². The van der Waals surface area contributed by atoms with Gasteiger partial charge in [0.25, 0.3) is 0 Å². The van der Waals surface area contributed by atoms with Gasteiger partial charge in [-0.05, 0) is 25.7 Å². The summed E-state index contributed by atoms with van der Waals surface area (Å²) in [4.78, 5) is 2.40. The highest BCUT2D eigenvalue weighted by Crippen LogP contribution is 2.30. The molecule has 0 spiro atoms. The van der Waals surface area contributed by atoms with E-state index in [1.54, 1.807) is 0 Å². The maximum atomic E-state index is 9.27. The first-order chi connectivity index (χ1) is 8.28. The Morgan fingerprint density at radius 3 is 2.47 bits per heavy atom. The molecule has 0 radical (unpaired) electrons. The number of hydrogen-bond acceptors (Lipinski definition) is 3. The van der Waals surface area contributed by atoms with Crippen molar-refractivity contribution in [3.63, 3.8) is 0 Å². The molecule has 1 N–H and O–H groups in total. The fourth-order valence-corrected chi connectivity index (χ4v) is 3.15. The van der Waals surface area contributed by atoms with E-state index in [9.17, 15) is 10.4 Å². The minimum atomic E-state index is 0.163. The van der Waals surface area contributed by atoms with Crippen LogP contribution < -0.4 is 0 Å². The Hall–Kier alpha value is -0.590. The second kappa shape index (κ2) is 7.68. The minimum Gasteiger partial charge on any atom is -0.395 e. The third-order valence-electron chi connectivity index (χ3n) is 4.09. The van der Waals surface area contributed by atoms with Gasteiger partial charge >= 0.3 is 0 Å². The van der Waals surface area contributed by atoms with E-state index in [1.165, 1.54) is 12.8 Å². The van der Waals surface area contributed by atoms with Crippen molar-refractivity contribution in [2.24, 2.45) is 5.92 Å². The second-order valence-corrected chi connectivity index (χ2v) is 5.02. The molecule has 1 saturated carbocycles. The number of hydrogen-bond donors (Lipinski definition) is 1. The molecule has 0 heterocycles. The van der Waals surface area contributed by atoms with E-state index in [-0.39, 0.29) is 12.5 Å². The molecule has 1 rings (SSSR count). The quantitative estimate of drug-likeness (QED) is 0.773. The lowest BCUT2D eigenvalue weighted by Gasteiger charge is -2.41. The molecule has 0 aliphatic heterocycles. The maximum absolute atomic E-state index is 9.27. The van der Waals surface area contributed by atoms with E-state index < -0.39 is 0 Å². The molecule has 0 aromatic rings. The molecule has 0 bridgehead atoms. The van der Waals surface area contributed by atoms with Crippen LogP contribution in [0.2, 0.25) is 0 Å². The molecule has 2 atom stereocenters. The van der Waals surface area contributed by atoms with Crippen LogP contribution in [-0.4, -0.2) is 35.2 Å². The van der Waals surface area contributed by atoms with Crippen molar-refractivity contribution in [3.05, 3.63) is 0 Å². The largest absolute Gasteiger partial charge is 0.395 e. The van der Waals surface area contributed by atoms with Crippen LogP contribution in [0.15, 0.2) is 0 Å². The molecule has 3 nitrogen and oxygen atoms in total. The van der Waals surface area contributed by atoms with Crippen LogP contribution >= 0.6 is 0 Å². The van der Waals surface area contributed by atoms with Crippen LogP contribution in [0, 0.1) is 17.2 Å². The lowest BCUT2D eigenvalue weighted by Crippen LogP contribution is -2.48. The smallest absolute Gasteiger partial charge is 0.0672 e. The summed E-state index contributed by atoms with van der Waals surface area (Å²) in [6.45, 7) is 5.31. The van der Waals surface area contributed by atoms with Crippen LogP contribution in [0.1, 0.15) is 52.4 Å². The van der Waals surface area contributed by atoms with E-state index in [4.69, 9.17) is 0 Å². The van der Waals surface area contributed by atoms with Gasteiger partial charge in [-0.25, -0.2) is 0 Å². The zero-order valence-electron chi connectivity index (χ0n) is 11.2. The first-order valence-corrected chi connectivity index (χ1v) is 7.04. The van der Waals surface area contributed by atoms with Gasteiger partial charge in [-0.1, -0.05) is 26.7 Å². The highest BCUT2D eigenvalue weighted by atomic mass is 16.3. The van der Waals surface area contributed by atoms with Crippen LogP contribution in [0.25, 0.3) is 0 Å². The van der Waals surface area contributed by atoms with Gasteiger partial charge in [-0.3, -0.25) is 4.90 Å². The maximum Gasteiger partial charge on any atom is 0.0672 e. The molecule has 2 unspecified atom stereocenters. The Balaban J connectivity index is 2.76. The van der Waals surface area contributed by atoms with Gasteiger partial charge in [-0.15, -0.1) is 0 Å². The average molecular weight is 238 g/mol. The summed E-state index contributed by atoms with van der Waals surface area (Å²) < 4.78 is 0. The van der Waals surface area contributed by atoms with Gasteiger partial charge in [-0.2, -0.15) is 5.26 Å². The molecule has 17 heavy (non-hydrogen) atoms. The molecule has 0 aromatic heterocycles. The monoisotopic (exact) mass is 238 g/mol. The number of rotatable bonds is 6. The Labute approximate surface area is 105 Å². The highest BCUT2D eigenvalue weighted by molar-refractivity contribution is 4.97. The number of nitrogens with zero attached hydrogens (tertiary/aromatic N) is 2. The zero-order valence-corrected chi connectivity index (χ0v) is 11.2.